The summed E-state index contributed by atoms with van der Waals surface area (Å²) >= 11 is 7.51. The van der Waals surface area contributed by atoms with Gasteiger partial charge in [-0.05, 0) is 36.5 Å². The van der Waals surface area contributed by atoms with Crippen molar-refractivity contribution in [3.05, 3.63) is 28.8 Å². The smallest absolute Gasteiger partial charge is 0.325 e. The summed E-state index contributed by atoms with van der Waals surface area (Å²) in [5.74, 6) is 1.03. The topological polar surface area (TPSA) is 70.1 Å². The summed E-state index contributed by atoms with van der Waals surface area (Å²) in [6.45, 7) is 12.4. The van der Waals surface area contributed by atoms with Gasteiger partial charge >= 0.3 is 6.03 Å². The van der Waals surface area contributed by atoms with Crippen LogP contribution in [0.1, 0.15) is 33.3 Å². The SMILES string of the molecule is Cc1ccc(NC(=O)Nc2nnc(N(CC(C)C)CC(C)C)s2)c(Cl)c1. The third-order valence-electron chi connectivity index (χ3n) is 3.45. The minimum Gasteiger partial charge on any atom is -0.346 e. The van der Waals surface area contributed by atoms with Crippen molar-refractivity contribution in [2.24, 2.45) is 11.8 Å². The molecule has 142 valence electrons. The zero-order valence-corrected chi connectivity index (χ0v) is 17.4. The van der Waals surface area contributed by atoms with Crippen molar-refractivity contribution < 1.29 is 4.79 Å². The monoisotopic (exact) mass is 395 g/mol. The van der Waals surface area contributed by atoms with Crippen molar-refractivity contribution in [2.45, 2.75) is 34.6 Å². The number of nitrogens with one attached hydrogen (secondary N) is 2. The Balaban J connectivity index is 2.02. The number of hydrogen-bond donors (Lipinski definition) is 2. The summed E-state index contributed by atoms with van der Waals surface area (Å²) < 4.78 is 0. The lowest BCUT2D eigenvalue weighted by Gasteiger charge is -2.25. The van der Waals surface area contributed by atoms with Crippen LogP contribution in [0.5, 0.6) is 0 Å². The standard InChI is InChI=1S/C18H26ClN5OS/c1-11(2)9-24(10-12(3)4)18-23-22-17(26-18)21-16(25)20-15-7-6-13(5)8-14(15)19/h6-8,11-12H,9-10H2,1-5H3,(H2,20,21,22,25). The normalized spacial score (nSPS) is 11.1. The fourth-order valence-corrected chi connectivity index (χ4v) is 3.52. The average Bonchev–Trinajstić information content (AvgIpc) is 2.97. The minimum atomic E-state index is -0.391. The molecular formula is C18H26ClN5OS. The number of urea groups is 1. The van der Waals surface area contributed by atoms with Gasteiger partial charge < -0.3 is 10.2 Å². The first-order chi connectivity index (χ1) is 12.2. The molecule has 0 aliphatic heterocycles. The second kappa shape index (κ2) is 9.19. The Kier molecular flexibility index (Phi) is 7.23. The van der Waals surface area contributed by atoms with Crippen LogP contribution < -0.4 is 15.5 Å². The van der Waals surface area contributed by atoms with E-state index in [0.29, 0.717) is 27.7 Å². The molecule has 0 saturated heterocycles. The van der Waals surface area contributed by atoms with Crippen molar-refractivity contribution in [1.29, 1.82) is 0 Å². The quantitative estimate of drug-likeness (QED) is 0.670. The van der Waals surface area contributed by atoms with Gasteiger partial charge in [0.25, 0.3) is 0 Å². The maximum atomic E-state index is 12.2. The molecule has 2 rings (SSSR count). The van der Waals surface area contributed by atoms with E-state index in [1.807, 2.05) is 13.0 Å². The molecule has 6 nitrogen and oxygen atoms in total. The van der Waals surface area contributed by atoms with E-state index in [-0.39, 0.29) is 0 Å². The molecular weight excluding hydrogens is 370 g/mol. The molecule has 0 spiro atoms. The molecule has 2 N–H and O–H groups in total. The van der Waals surface area contributed by atoms with E-state index in [2.05, 4.69) is 53.4 Å². The van der Waals surface area contributed by atoms with Crippen LogP contribution in [-0.4, -0.2) is 29.3 Å². The molecule has 2 aromatic rings. The van der Waals surface area contributed by atoms with E-state index < -0.39 is 6.03 Å². The molecule has 26 heavy (non-hydrogen) atoms. The van der Waals surface area contributed by atoms with E-state index in [9.17, 15) is 4.79 Å². The summed E-state index contributed by atoms with van der Waals surface area (Å²) in [6, 6.07) is 5.07. The number of halogens is 1. The van der Waals surface area contributed by atoms with Crippen molar-refractivity contribution in [3.63, 3.8) is 0 Å². The Morgan fingerprint density at radius 3 is 2.38 bits per heavy atom. The first-order valence-corrected chi connectivity index (χ1v) is 9.86. The molecule has 1 aromatic heterocycles. The molecule has 1 heterocycles. The fraction of sp³-hybridized carbons (Fsp3) is 0.500. The van der Waals surface area contributed by atoms with Gasteiger partial charge in [-0.15, -0.1) is 10.2 Å². The summed E-state index contributed by atoms with van der Waals surface area (Å²) in [4.78, 5) is 14.4. The molecule has 2 amide bonds. The lowest BCUT2D eigenvalue weighted by Crippen LogP contribution is -2.31. The Morgan fingerprint density at radius 1 is 1.15 bits per heavy atom. The predicted octanol–water partition coefficient (Wildman–Crippen LogP) is 5.26. The second-order valence-corrected chi connectivity index (χ2v) is 8.51. The highest BCUT2D eigenvalue weighted by Crippen LogP contribution is 2.27. The maximum Gasteiger partial charge on any atom is 0.325 e. The zero-order valence-electron chi connectivity index (χ0n) is 15.8. The van der Waals surface area contributed by atoms with E-state index >= 15 is 0 Å². The Bertz CT molecular complexity index is 737. The molecule has 8 heteroatoms. The molecule has 0 saturated carbocycles. The molecule has 0 atom stereocenters. The lowest BCUT2D eigenvalue weighted by atomic mass is 10.1. The number of hydrogen-bond acceptors (Lipinski definition) is 5. The van der Waals surface area contributed by atoms with Crippen molar-refractivity contribution in [1.82, 2.24) is 10.2 Å². The summed E-state index contributed by atoms with van der Waals surface area (Å²) in [5.41, 5.74) is 1.59. The van der Waals surface area contributed by atoms with Crippen LogP contribution in [0.2, 0.25) is 5.02 Å². The van der Waals surface area contributed by atoms with Gasteiger partial charge in [0, 0.05) is 13.1 Å². The van der Waals surface area contributed by atoms with Crippen LogP contribution in [0.4, 0.5) is 20.7 Å². The van der Waals surface area contributed by atoms with E-state index in [4.69, 9.17) is 11.6 Å². The van der Waals surface area contributed by atoms with Crippen LogP contribution in [0.15, 0.2) is 18.2 Å². The number of carbonyl (C=O) groups is 1. The third kappa shape index (κ3) is 6.14. The Labute approximate surface area is 164 Å². The van der Waals surface area contributed by atoms with Crippen molar-refractivity contribution in [2.75, 3.05) is 28.6 Å². The number of benzene rings is 1. The third-order valence-corrected chi connectivity index (χ3v) is 4.66. The Hall–Kier alpha value is -1.86. The molecule has 1 aromatic carbocycles. The van der Waals surface area contributed by atoms with E-state index in [1.165, 1.54) is 11.3 Å². The zero-order chi connectivity index (χ0) is 19.3. The van der Waals surface area contributed by atoms with Gasteiger partial charge in [0.2, 0.25) is 10.3 Å². The first-order valence-electron chi connectivity index (χ1n) is 8.67. The summed E-state index contributed by atoms with van der Waals surface area (Å²) in [6.07, 6.45) is 0. The minimum absolute atomic E-state index is 0.391. The van der Waals surface area contributed by atoms with Gasteiger partial charge in [-0.1, -0.05) is 56.7 Å². The lowest BCUT2D eigenvalue weighted by molar-refractivity contribution is 0.262. The number of aryl methyl sites for hydroxylation is 1. The van der Waals surface area contributed by atoms with Crippen molar-refractivity contribution >= 4 is 44.9 Å². The van der Waals surface area contributed by atoms with Gasteiger partial charge in [-0.3, -0.25) is 5.32 Å². The van der Waals surface area contributed by atoms with Crippen molar-refractivity contribution in [3.8, 4) is 0 Å². The van der Waals surface area contributed by atoms with Crippen LogP contribution in [0.25, 0.3) is 0 Å². The molecule has 0 radical (unpaired) electrons. The molecule has 0 unspecified atom stereocenters. The second-order valence-electron chi connectivity index (χ2n) is 7.14. The van der Waals surface area contributed by atoms with Crippen LogP contribution in [-0.2, 0) is 0 Å². The van der Waals surface area contributed by atoms with E-state index in [1.54, 1.807) is 12.1 Å². The molecule has 0 fully saturated rings. The van der Waals surface area contributed by atoms with Crippen LogP contribution >= 0.6 is 22.9 Å². The van der Waals surface area contributed by atoms with E-state index in [0.717, 1.165) is 23.8 Å². The van der Waals surface area contributed by atoms with Gasteiger partial charge in [-0.2, -0.15) is 0 Å². The van der Waals surface area contributed by atoms with Gasteiger partial charge in [-0.25, -0.2) is 4.79 Å². The molecule has 0 aliphatic rings. The van der Waals surface area contributed by atoms with Gasteiger partial charge in [0.15, 0.2) is 0 Å². The summed E-state index contributed by atoms with van der Waals surface area (Å²) in [7, 11) is 0. The number of rotatable bonds is 7. The summed E-state index contributed by atoms with van der Waals surface area (Å²) in [5, 5.41) is 15.6. The van der Waals surface area contributed by atoms with Gasteiger partial charge in [0.1, 0.15) is 0 Å². The molecule has 0 bridgehead atoms. The molecule has 0 aliphatic carbocycles. The number of amides is 2. The fourth-order valence-electron chi connectivity index (χ4n) is 2.48. The Morgan fingerprint density at radius 2 is 1.81 bits per heavy atom. The van der Waals surface area contributed by atoms with Crippen LogP contribution in [0, 0.1) is 18.8 Å². The highest BCUT2D eigenvalue weighted by atomic mass is 35.5. The number of nitrogens with zero attached hydrogens (tertiary/aromatic N) is 3. The number of carbonyl (C=O) groups excluding carboxylic acids is 1. The maximum absolute atomic E-state index is 12.2. The predicted molar refractivity (Wildman–Crippen MR) is 111 cm³/mol. The highest BCUT2D eigenvalue weighted by molar-refractivity contribution is 7.19. The number of aromatic nitrogens is 2. The first kappa shape index (κ1) is 20.5. The largest absolute Gasteiger partial charge is 0.346 e. The van der Waals surface area contributed by atoms with Crippen LogP contribution in [0.3, 0.4) is 0 Å². The van der Waals surface area contributed by atoms with Gasteiger partial charge in [0.05, 0.1) is 10.7 Å². The number of anilines is 3. The highest BCUT2D eigenvalue weighted by Gasteiger charge is 2.16. The average molecular weight is 396 g/mol.